The van der Waals surface area contributed by atoms with Crippen LogP contribution in [0.2, 0.25) is 10.0 Å². The summed E-state index contributed by atoms with van der Waals surface area (Å²) in [5.41, 5.74) is 0. The number of halogens is 2. The Hall–Kier alpha value is -1.00. The van der Waals surface area contributed by atoms with Crippen molar-refractivity contribution in [2.45, 2.75) is 24.3 Å². The number of primary sulfonamides is 1. The van der Waals surface area contributed by atoms with E-state index >= 15 is 0 Å². The lowest BCUT2D eigenvalue weighted by Gasteiger charge is -2.13. The molecule has 0 fully saturated rings. The summed E-state index contributed by atoms with van der Waals surface area (Å²) >= 11 is 11.6. The van der Waals surface area contributed by atoms with E-state index in [-0.39, 0.29) is 20.7 Å². The fourth-order valence-electron chi connectivity index (χ4n) is 1.17. The molecule has 0 saturated carbocycles. The molecule has 0 radical (unpaired) electrons. The van der Waals surface area contributed by atoms with Crippen molar-refractivity contribution in [3.05, 3.63) is 22.2 Å². The zero-order valence-corrected chi connectivity index (χ0v) is 11.7. The Morgan fingerprint density at radius 3 is 2.50 bits per heavy atom. The lowest BCUT2D eigenvalue weighted by atomic mass is 10.3. The van der Waals surface area contributed by atoms with Gasteiger partial charge in [-0.1, -0.05) is 30.1 Å². The van der Waals surface area contributed by atoms with Crippen molar-refractivity contribution in [1.29, 1.82) is 5.26 Å². The molecule has 2 N–H and O–H groups in total. The third-order valence-corrected chi connectivity index (χ3v) is 3.75. The number of nitrogens with zero attached hydrogens (tertiary/aromatic N) is 1. The van der Waals surface area contributed by atoms with E-state index in [4.69, 9.17) is 38.3 Å². The van der Waals surface area contributed by atoms with Crippen LogP contribution in [-0.4, -0.2) is 14.5 Å². The molecule has 18 heavy (non-hydrogen) atoms. The summed E-state index contributed by atoms with van der Waals surface area (Å²) in [4.78, 5) is -0.286. The van der Waals surface area contributed by atoms with Gasteiger partial charge in [0.05, 0.1) is 10.0 Å². The highest BCUT2D eigenvalue weighted by Crippen LogP contribution is 2.33. The fraction of sp³-hybridized carbons (Fsp3) is 0.300. The number of hydrogen-bond acceptors (Lipinski definition) is 4. The van der Waals surface area contributed by atoms with E-state index in [0.717, 1.165) is 6.07 Å². The van der Waals surface area contributed by atoms with Gasteiger partial charge in [0.25, 0.3) is 0 Å². The maximum atomic E-state index is 11.2. The predicted octanol–water partition coefficient (Wildman–Crippen LogP) is 2.32. The van der Waals surface area contributed by atoms with E-state index in [0.29, 0.717) is 6.42 Å². The van der Waals surface area contributed by atoms with Gasteiger partial charge in [0.15, 0.2) is 6.10 Å². The summed E-state index contributed by atoms with van der Waals surface area (Å²) in [6, 6.07) is 4.25. The second-order valence-corrected chi connectivity index (χ2v) is 5.75. The number of hydrogen-bond donors (Lipinski definition) is 1. The Morgan fingerprint density at radius 2 is 2.06 bits per heavy atom. The van der Waals surface area contributed by atoms with Gasteiger partial charge in [0.1, 0.15) is 16.7 Å². The largest absolute Gasteiger partial charge is 0.474 e. The second kappa shape index (κ2) is 5.76. The topological polar surface area (TPSA) is 93.2 Å². The minimum Gasteiger partial charge on any atom is -0.474 e. The number of sulfonamides is 1. The monoisotopic (exact) mass is 308 g/mol. The molecular formula is C10H10Cl2N2O3S. The molecule has 0 aliphatic heterocycles. The van der Waals surface area contributed by atoms with Gasteiger partial charge in [-0.25, -0.2) is 13.6 Å². The number of rotatable bonds is 4. The van der Waals surface area contributed by atoms with Crippen LogP contribution in [0.25, 0.3) is 0 Å². The Kier molecular flexibility index (Phi) is 4.82. The van der Waals surface area contributed by atoms with Gasteiger partial charge < -0.3 is 4.74 Å². The van der Waals surface area contributed by atoms with E-state index in [1.807, 2.05) is 6.07 Å². The summed E-state index contributed by atoms with van der Waals surface area (Å²) in [6.07, 6.45) is -0.222. The van der Waals surface area contributed by atoms with Gasteiger partial charge in [-0.15, -0.1) is 0 Å². The average molecular weight is 309 g/mol. The van der Waals surface area contributed by atoms with Gasteiger partial charge in [-0.05, 0) is 12.5 Å². The van der Waals surface area contributed by atoms with Crippen LogP contribution in [0, 0.1) is 11.3 Å². The second-order valence-electron chi connectivity index (χ2n) is 3.40. The minimum absolute atomic E-state index is 0.0251. The quantitative estimate of drug-likeness (QED) is 0.923. The highest BCUT2D eigenvalue weighted by Gasteiger charge is 2.18. The number of nitriles is 1. The van der Waals surface area contributed by atoms with E-state index in [1.54, 1.807) is 6.92 Å². The zero-order chi connectivity index (χ0) is 13.9. The van der Waals surface area contributed by atoms with Crippen LogP contribution in [0.4, 0.5) is 0 Å². The van der Waals surface area contributed by atoms with Crippen molar-refractivity contribution in [3.63, 3.8) is 0 Å². The molecule has 0 spiro atoms. The average Bonchev–Trinajstić information content (AvgIpc) is 2.28. The maximum absolute atomic E-state index is 11.2. The van der Waals surface area contributed by atoms with Crippen LogP contribution in [-0.2, 0) is 10.0 Å². The van der Waals surface area contributed by atoms with E-state index in [9.17, 15) is 8.42 Å². The first-order valence-corrected chi connectivity index (χ1v) is 7.18. The predicted molar refractivity (Wildman–Crippen MR) is 68.2 cm³/mol. The van der Waals surface area contributed by atoms with Crippen LogP contribution >= 0.6 is 23.2 Å². The van der Waals surface area contributed by atoms with Crippen LogP contribution in [0.15, 0.2) is 17.0 Å². The third kappa shape index (κ3) is 3.50. The minimum atomic E-state index is -3.95. The SMILES string of the molecule is CCC(C#N)Oc1cc(Cl)c(S(N)(=O)=O)cc1Cl. The van der Waals surface area contributed by atoms with Crippen LogP contribution in [0.3, 0.4) is 0 Å². The molecule has 0 aliphatic carbocycles. The molecule has 1 aromatic carbocycles. The Bertz CT molecular complexity index is 596. The number of nitrogens with two attached hydrogens (primary N) is 1. The first-order valence-electron chi connectivity index (χ1n) is 4.87. The molecule has 1 rings (SSSR count). The third-order valence-electron chi connectivity index (χ3n) is 2.08. The summed E-state index contributed by atoms with van der Waals surface area (Å²) < 4.78 is 27.7. The van der Waals surface area contributed by atoms with E-state index in [2.05, 4.69) is 0 Å². The summed E-state index contributed by atoms with van der Waals surface area (Å²) in [5, 5.41) is 13.6. The zero-order valence-electron chi connectivity index (χ0n) is 9.35. The molecule has 0 aromatic heterocycles. The lowest BCUT2D eigenvalue weighted by molar-refractivity contribution is 0.252. The molecular weight excluding hydrogens is 299 g/mol. The highest BCUT2D eigenvalue weighted by molar-refractivity contribution is 7.89. The van der Waals surface area contributed by atoms with Gasteiger partial charge >= 0.3 is 0 Å². The van der Waals surface area contributed by atoms with Crippen molar-refractivity contribution < 1.29 is 13.2 Å². The molecule has 0 heterocycles. The maximum Gasteiger partial charge on any atom is 0.239 e. The molecule has 0 saturated heterocycles. The molecule has 8 heteroatoms. The summed E-state index contributed by atoms with van der Waals surface area (Å²) in [5.74, 6) is 0.141. The standard InChI is InChI=1S/C10H10Cl2N2O3S/c1-2-6(5-13)17-9-3-8(12)10(4-7(9)11)18(14,15)16/h3-4,6H,2H2,1H3,(H2,14,15,16). The summed E-state index contributed by atoms with van der Waals surface area (Å²) in [6.45, 7) is 1.77. The van der Waals surface area contributed by atoms with Crippen LogP contribution in [0.5, 0.6) is 5.75 Å². The Morgan fingerprint density at radius 1 is 1.44 bits per heavy atom. The number of benzene rings is 1. The Labute approximate surface area is 115 Å². The first-order chi connectivity index (χ1) is 8.29. The first kappa shape index (κ1) is 15.1. The van der Waals surface area contributed by atoms with Crippen molar-refractivity contribution >= 4 is 33.2 Å². The molecule has 1 aromatic rings. The van der Waals surface area contributed by atoms with Crippen molar-refractivity contribution in [2.24, 2.45) is 5.14 Å². The van der Waals surface area contributed by atoms with Gasteiger partial charge in [-0.2, -0.15) is 5.26 Å². The van der Waals surface area contributed by atoms with E-state index < -0.39 is 16.1 Å². The van der Waals surface area contributed by atoms with Crippen molar-refractivity contribution in [1.82, 2.24) is 0 Å². The van der Waals surface area contributed by atoms with Crippen LogP contribution in [0.1, 0.15) is 13.3 Å². The molecule has 5 nitrogen and oxygen atoms in total. The fourth-order valence-corrected chi connectivity index (χ4v) is 2.53. The van der Waals surface area contributed by atoms with Gasteiger partial charge in [0, 0.05) is 6.07 Å². The number of ether oxygens (including phenoxy) is 1. The van der Waals surface area contributed by atoms with Gasteiger partial charge in [-0.3, -0.25) is 0 Å². The molecule has 1 unspecified atom stereocenters. The molecule has 1 atom stereocenters. The van der Waals surface area contributed by atoms with E-state index in [1.165, 1.54) is 6.07 Å². The molecule has 0 bridgehead atoms. The highest BCUT2D eigenvalue weighted by atomic mass is 35.5. The molecule has 0 amide bonds. The van der Waals surface area contributed by atoms with Crippen molar-refractivity contribution in [2.75, 3.05) is 0 Å². The normalized spacial score (nSPS) is 12.8. The lowest BCUT2D eigenvalue weighted by Crippen LogP contribution is -2.15. The van der Waals surface area contributed by atoms with Gasteiger partial charge in [0.2, 0.25) is 10.0 Å². The van der Waals surface area contributed by atoms with Crippen LogP contribution < -0.4 is 9.88 Å². The summed E-state index contributed by atoms with van der Waals surface area (Å²) in [7, 11) is -3.95. The smallest absolute Gasteiger partial charge is 0.239 e. The molecule has 98 valence electrons. The Balaban J connectivity index is 3.21. The molecule has 0 aliphatic rings. The van der Waals surface area contributed by atoms with Crippen molar-refractivity contribution in [3.8, 4) is 11.8 Å².